The van der Waals surface area contributed by atoms with Gasteiger partial charge < -0.3 is 8.85 Å². The Morgan fingerprint density at radius 2 is 0.825 bits per heavy atom. The lowest BCUT2D eigenvalue weighted by Crippen LogP contribution is -2.45. The van der Waals surface area contributed by atoms with Gasteiger partial charge in [-0.15, -0.1) is 0 Å². The zero-order chi connectivity index (χ0) is 29.7. The first-order valence-electron chi connectivity index (χ1n) is 14.2. The van der Waals surface area contributed by atoms with Crippen LogP contribution >= 0.6 is 31.9 Å². The van der Waals surface area contributed by atoms with Crippen LogP contribution in [0.2, 0.25) is 36.3 Å². The predicted molar refractivity (Wildman–Crippen MR) is 183 cm³/mol. The van der Waals surface area contributed by atoms with Gasteiger partial charge in [0.1, 0.15) is 11.5 Å². The van der Waals surface area contributed by atoms with Crippen molar-refractivity contribution < 1.29 is 8.85 Å². The van der Waals surface area contributed by atoms with Crippen molar-refractivity contribution in [1.29, 1.82) is 0 Å². The molecule has 0 fully saturated rings. The lowest BCUT2D eigenvalue weighted by molar-refractivity contribution is 0.470. The van der Waals surface area contributed by atoms with Crippen LogP contribution in [0.3, 0.4) is 0 Å². The molecule has 0 N–H and O–H groups in total. The third kappa shape index (κ3) is 6.40. The summed E-state index contributed by atoms with van der Waals surface area (Å²) < 4.78 is 16.4. The van der Waals surface area contributed by atoms with Gasteiger partial charge in [0.15, 0.2) is 0 Å². The van der Waals surface area contributed by atoms with E-state index in [1.54, 1.807) is 0 Å². The molecule has 214 valence electrons. The third-order valence-corrected chi connectivity index (χ3v) is 18.9. The van der Waals surface area contributed by atoms with E-state index in [0.29, 0.717) is 0 Å². The lowest BCUT2D eigenvalue weighted by Gasteiger charge is -2.41. The van der Waals surface area contributed by atoms with Crippen molar-refractivity contribution in [2.24, 2.45) is 0 Å². The first-order valence-corrected chi connectivity index (χ1v) is 21.6. The summed E-state index contributed by atoms with van der Waals surface area (Å²) in [5.41, 5.74) is 4.97. The molecule has 2 atom stereocenters. The molecule has 0 heterocycles. The Hall–Kier alpha value is -1.61. The molecule has 2 nitrogen and oxygen atoms in total. The number of hydrogen-bond acceptors (Lipinski definition) is 2. The average Bonchev–Trinajstić information content (AvgIpc) is 2.84. The molecule has 0 aromatic heterocycles. The molecule has 0 unspecified atom stereocenters. The molecule has 0 radical (unpaired) electrons. The zero-order valence-electron chi connectivity index (χ0n) is 25.7. The van der Waals surface area contributed by atoms with Crippen LogP contribution in [-0.2, 0) is 0 Å². The highest BCUT2D eigenvalue weighted by atomic mass is 79.9. The second-order valence-corrected chi connectivity index (χ2v) is 25.3. The number of benzene rings is 3. The SMILES string of the molecule is CC(C)(C)[Si](C)(C)Oc1ccc(O[Si](C)(C)C(C)(C)C)c2c1[C@@H](c1ccc(Br)cc1)C=C[C@H]2c1ccc(Br)cc1. The molecule has 0 amide bonds. The van der Waals surface area contributed by atoms with Crippen LogP contribution in [0.25, 0.3) is 0 Å². The summed E-state index contributed by atoms with van der Waals surface area (Å²) in [6.45, 7) is 23.1. The molecule has 1 aliphatic carbocycles. The maximum Gasteiger partial charge on any atom is 0.250 e. The molecule has 0 aliphatic heterocycles. The van der Waals surface area contributed by atoms with E-state index in [2.05, 4.69) is 172 Å². The quantitative estimate of drug-likeness (QED) is 0.188. The Morgan fingerprint density at radius 3 is 1.10 bits per heavy atom. The van der Waals surface area contributed by atoms with Gasteiger partial charge in [-0.3, -0.25) is 0 Å². The molecule has 40 heavy (non-hydrogen) atoms. The molecular weight excluding hydrogens is 656 g/mol. The van der Waals surface area contributed by atoms with Crippen LogP contribution in [0.5, 0.6) is 11.5 Å². The van der Waals surface area contributed by atoms with Crippen LogP contribution in [0, 0.1) is 0 Å². The van der Waals surface area contributed by atoms with Gasteiger partial charge in [-0.05, 0) is 83.8 Å². The predicted octanol–water partition coefficient (Wildman–Crippen LogP) is 11.8. The van der Waals surface area contributed by atoms with Crippen molar-refractivity contribution in [2.75, 3.05) is 0 Å². The van der Waals surface area contributed by atoms with E-state index in [1.807, 2.05) is 0 Å². The van der Waals surface area contributed by atoms with E-state index in [1.165, 1.54) is 22.3 Å². The fraction of sp³-hybridized carbons (Fsp3) is 0.412. The average molecular weight is 701 g/mol. The number of allylic oxidation sites excluding steroid dienone is 2. The third-order valence-electron chi connectivity index (χ3n) is 9.13. The van der Waals surface area contributed by atoms with Crippen molar-refractivity contribution in [1.82, 2.24) is 0 Å². The van der Waals surface area contributed by atoms with Crippen LogP contribution in [0.15, 0.2) is 81.8 Å². The summed E-state index contributed by atoms with van der Waals surface area (Å²) in [7, 11) is -4.23. The van der Waals surface area contributed by atoms with Crippen molar-refractivity contribution in [3.63, 3.8) is 0 Å². The molecule has 0 saturated heterocycles. The molecule has 0 bridgehead atoms. The van der Waals surface area contributed by atoms with Crippen LogP contribution in [0.1, 0.15) is 75.6 Å². The molecule has 1 aliphatic rings. The first kappa shape index (κ1) is 31.3. The highest BCUT2D eigenvalue weighted by Gasteiger charge is 2.43. The number of hydrogen-bond donors (Lipinski definition) is 0. The van der Waals surface area contributed by atoms with Gasteiger partial charge in [-0.25, -0.2) is 0 Å². The molecule has 0 saturated carbocycles. The van der Waals surface area contributed by atoms with E-state index in [4.69, 9.17) is 8.85 Å². The highest BCUT2D eigenvalue weighted by Crippen LogP contribution is 2.52. The Labute approximate surface area is 261 Å². The lowest BCUT2D eigenvalue weighted by atomic mass is 9.75. The standard InChI is InChI=1S/C34H44Br2O2Si2/c1-33(2,3)39(7,8)37-29-21-22-30(38-40(9,10)34(4,5)6)32-28(24-13-17-26(36)18-14-24)20-19-27(31(29)32)23-11-15-25(35)16-12-23/h11-22,27-28H,1-10H3/t27-,28+. The van der Waals surface area contributed by atoms with Crippen LogP contribution in [0.4, 0.5) is 0 Å². The van der Waals surface area contributed by atoms with Gasteiger partial charge in [0.05, 0.1) is 0 Å². The van der Waals surface area contributed by atoms with Gasteiger partial charge in [0, 0.05) is 31.9 Å². The minimum atomic E-state index is -2.12. The summed E-state index contributed by atoms with van der Waals surface area (Å²) in [6.07, 6.45) is 4.74. The minimum absolute atomic E-state index is 0.0672. The fourth-order valence-corrected chi connectivity index (χ4v) is 7.18. The van der Waals surface area contributed by atoms with E-state index in [0.717, 1.165) is 20.4 Å². The molecular formula is C34H44Br2O2Si2. The summed E-state index contributed by atoms with van der Waals surface area (Å²) in [5.74, 6) is 2.11. The maximum atomic E-state index is 7.14. The normalized spacial score (nSPS) is 17.9. The zero-order valence-corrected chi connectivity index (χ0v) is 30.8. The van der Waals surface area contributed by atoms with Crippen molar-refractivity contribution >= 4 is 48.5 Å². The molecule has 3 aromatic rings. The summed E-state index contributed by atoms with van der Waals surface area (Å²) in [4.78, 5) is 0. The Balaban J connectivity index is 2.02. The molecule has 0 spiro atoms. The van der Waals surface area contributed by atoms with Crippen LogP contribution in [-0.4, -0.2) is 16.6 Å². The van der Waals surface area contributed by atoms with Gasteiger partial charge in [-0.2, -0.15) is 0 Å². The largest absolute Gasteiger partial charge is 0.543 e. The topological polar surface area (TPSA) is 18.5 Å². The van der Waals surface area contributed by atoms with Gasteiger partial charge >= 0.3 is 0 Å². The molecule has 6 heteroatoms. The van der Waals surface area contributed by atoms with E-state index < -0.39 is 16.6 Å². The summed E-state index contributed by atoms with van der Waals surface area (Å²) in [6, 6.07) is 21.8. The number of fused-ring (bicyclic) bond motifs is 1. The first-order chi connectivity index (χ1) is 18.4. The number of halogens is 2. The molecule has 3 aromatic carbocycles. The Kier molecular flexibility index (Phi) is 8.80. The van der Waals surface area contributed by atoms with Crippen molar-refractivity contribution in [2.45, 2.75) is 89.6 Å². The van der Waals surface area contributed by atoms with Gasteiger partial charge in [-0.1, -0.05) is 110 Å². The maximum absolute atomic E-state index is 7.14. The van der Waals surface area contributed by atoms with Gasteiger partial charge in [0.25, 0.3) is 0 Å². The smallest absolute Gasteiger partial charge is 0.250 e. The Morgan fingerprint density at radius 1 is 0.525 bits per heavy atom. The van der Waals surface area contributed by atoms with E-state index >= 15 is 0 Å². The van der Waals surface area contributed by atoms with E-state index in [9.17, 15) is 0 Å². The highest BCUT2D eigenvalue weighted by molar-refractivity contribution is 9.10. The molecule has 4 rings (SSSR count). The monoisotopic (exact) mass is 698 g/mol. The number of rotatable bonds is 6. The minimum Gasteiger partial charge on any atom is -0.543 e. The fourth-order valence-electron chi connectivity index (χ4n) is 4.58. The Bertz CT molecular complexity index is 1270. The van der Waals surface area contributed by atoms with Crippen LogP contribution < -0.4 is 8.85 Å². The second kappa shape index (κ2) is 11.2. The summed E-state index contributed by atoms with van der Waals surface area (Å²) >= 11 is 7.26. The van der Waals surface area contributed by atoms with Crippen molar-refractivity contribution in [3.05, 3.63) is 104 Å². The summed E-state index contributed by atoms with van der Waals surface area (Å²) in [5, 5.41) is 0.165. The second-order valence-electron chi connectivity index (χ2n) is 14.1. The van der Waals surface area contributed by atoms with Crippen molar-refractivity contribution in [3.8, 4) is 11.5 Å². The van der Waals surface area contributed by atoms with E-state index in [-0.39, 0.29) is 21.9 Å². The van der Waals surface area contributed by atoms with Gasteiger partial charge in [0.2, 0.25) is 16.6 Å².